The van der Waals surface area contributed by atoms with Crippen LogP contribution in [-0.2, 0) is 11.3 Å². The maximum absolute atomic E-state index is 12.1. The highest BCUT2D eigenvalue weighted by atomic mass is 16.5. The van der Waals surface area contributed by atoms with Crippen molar-refractivity contribution in [3.8, 4) is 5.75 Å². The van der Waals surface area contributed by atoms with Gasteiger partial charge in [0.25, 0.3) is 5.91 Å². The Balaban J connectivity index is 2.09. The van der Waals surface area contributed by atoms with E-state index in [0.717, 1.165) is 0 Å². The molecule has 0 saturated heterocycles. The van der Waals surface area contributed by atoms with Crippen molar-refractivity contribution >= 4 is 11.6 Å². The van der Waals surface area contributed by atoms with Crippen LogP contribution >= 0.6 is 0 Å². The van der Waals surface area contributed by atoms with Crippen molar-refractivity contribution in [1.29, 1.82) is 0 Å². The van der Waals surface area contributed by atoms with Gasteiger partial charge in [0.05, 0.1) is 6.61 Å². The fourth-order valence-corrected chi connectivity index (χ4v) is 1.78. The highest BCUT2D eigenvalue weighted by Gasteiger charge is 2.10. The molecule has 0 saturated carbocycles. The average Bonchev–Trinajstić information content (AvgIpc) is 2.84. The molecule has 1 aromatic carbocycles. The van der Waals surface area contributed by atoms with Gasteiger partial charge in [0.1, 0.15) is 11.4 Å². The first kappa shape index (κ1) is 13.2. The van der Waals surface area contributed by atoms with Gasteiger partial charge in [-0.1, -0.05) is 6.07 Å². The van der Waals surface area contributed by atoms with Gasteiger partial charge >= 0.3 is 0 Å². The molecule has 0 aliphatic carbocycles. The number of hydrogen-bond donors (Lipinski definition) is 2. The molecular formula is C14H16N2O3. The summed E-state index contributed by atoms with van der Waals surface area (Å²) < 4.78 is 6.82. The van der Waals surface area contributed by atoms with E-state index in [9.17, 15) is 9.90 Å². The van der Waals surface area contributed by atoms with Gasteiger partial charge in [-0.05, 0) is 24.3 Å². The van der Waals surface area contributed by atoms with Gasteiger partial charge in [-0.2, -0.15) is 0 Å². The Morgan fingerprint density at radius 1 is 1.37 bits per heavy atom. The first-order chi connectivity index (χ1) is 9.20. The van der Waals surface area contributed by atoms with Crippen molar-refractivity contribution in [2.45, 2.75) is 6.54 Å². The van der Waals surface area contributed by atoms with Crippen LogP contribution in [0.25, 0.3) is 0 Å². The molecule has 0 atom stereocenters. The number of ether oxygens (including phenoxy) is 1. The molecule has 0 fully saturated rings. The smallest absolute Gasteiger partial charge is 0.272 e. The SMILES string of the molecule is COCCn1cccc1C(=O)Nc1cccc(O)c1. The number of amides is 1. The molecule has 0 radical (unpaired) electrons. The summed E-state index contributed by atoms with van der Waals surface area (Å²) in [6.07, 6.45) is 1.83. The first-order valence-electron chi connectivity index (χ1n) is 5.95. The predicted octanol–water partition coefficient (Wildman–Crippen LogP) is 2.09. The van der Waals surface area contributed by atoms with E-state index in [1.54, 1.807) is 31.4 Å². The van der Waals surface area contributed by atoms with Crippen LogP contribution in [0, 0.1) is 0 Å². The minimum atomic E-state index is -0.216. The Morgan fingerprint density at radius 2 is 2.21 bits per heavy atom. The summed E-state index contributed by atoms with van der Waals surface area (Å²) in [5.74, 6) is -0.0979. The number of nitrogens with one attached hydrogen (secondary N) is 1. The summed E-state index contributed by atoms with van der Waals surface area (Å²) in [5.41, 5.74) is 1.12. The van der Waals surface area contributed by atoms with Crippen LogP contribution in [0.5, 0.6) is 5.75 Å². The zero-order valence-electron chi connectivity index (χ0n) is 10.7. The Hall–Kier alpha value is -2.27. The van der Waals surface area contributed by atoms with Gasteiger partial charge in [0.15, 0.2) is 0 Å². The van der Waals surface area contributed by atoms with Gasteiger partial charge in [-0.3, -0.25) is 4.79 Å². The lowest BCUT2D eigenvalue weighted by Gasteiger charge is -2.09. The Labute approximate surface area is 111 Å². The summed E-state index contributed by atoms with van der Waals surface area (Å²) in [7, 11) is 1.62. The Morgan fingerprint density at radius 3 is 2.95 bits per heavy atom. The van der Waals surface area contributed by atoms with Gasteiger partial charge in [-0.25, -0.2) is 0 Å². The fourth-order valence-electron chi connectivity index (χ4n) is 1.78. The van der Waals surface area contributed by atoms with Crippen molar-refractivity contribution in [2.24, 2.45) is 0 Å². The summed E-state index contributed by atoms with van der Waals surface area (Å²) in [6, 6.07) is 10.0. The maximum atomic E-state index is 12.1. The molecule has 0 unspecified atom stereocenters. The highest BCUT2D eigenvalue weighted by molar-refractivity contribution is 6.03. The normalized spacial score (nSPS) is 10.4. The number of aromatic hydroxyl groups is 1. The molecule has 0 aliphatic heterocycles. The molecule has 19 heavy (non-hydrogen) atoms. The van der Waals surface area contributed by atoms with E-state index in [-0.39, 0.29) is 11.7 Å². The number of carbonyl (C=O) groups excluding carboxylic acids is 1. The van der Waals surface area contributed by atoms with E-state index in [1.807, 2.05) is 16.8 Å². The fraction of sp³-hybridized carbons (Fsp3) is 0.214. The molecule has 2 rings (SSSR count). The highest BCUT2D eigenvalue weighted by Crippen LogP contribution is 2.16. The first-order valence-corrected chi connectivity index (χ1v) is 5.95. The van der Waals surface area contributed by atoms with Crippen LogP contribution in [0.2, 0.25) is 0 Å². The van der Waals surface area contributed by atoms with Crippen molar-refractivity contribution < 1.29 is 14.6 Å². The van der Waals surface area contributed by atoms with Crippen LogP contribution in [0.15, 0.2) is 42.6 Å². The third-order valence-electron chi connectivity index (χ3n) is 2.70. The van der Waals surface area contributed by atoms with Crippen molar-refractivity contribution in [3.05, 3.63) is 48.3 Å². The molecule has 2 N–H and O–H groups in total. The second-order valence-electron chi connectivity index (χ2n) is 4.08. The minimum absolute atomic E-state index is 0.118. The monoisotopic (exact) mass is 260 g/mol. The molecule has 0 aliphatic rings. The number of benzene rings is 1. The molecule has 0 spiro atoms. The number of nitrogens with zero attached hydrogens (tertiary/aromatic N) is 1. The minimum Gasteiger partial charge on any atom is -0.508 e. The standard InChI is InChI=1S/C14H16N2O3/c1-19-9-8-16-7-3-6-13(16)14(18)15-11-4-2-5-12(17)10-11/h2-7,10,17H,8-9H2,1H3,(H,15,18). The average molecular weight is 260 g/mol. The number of rotatable bonds is 5. The van der Waals surface area contributed by atoms with Crippen molar-refractivity contribution in [1.82, 2.24) is 4.57 Å². The maximum Gasteiger partial charge on any atom is 0.272 e. The summed E-state index contributed by atoms with van der Waals surface area (Å²) in [5, 5.41) is 12.1. The zero-order chi connectivity index (χ0) is 13.7. The van der Waals surface area contributed by atoms with E-state index < -0.39 is 0 Å². The number of phenolic OH excluding ortho intramolecular Hbond substituents is 1. The largest absolute Gasteiger partial charge is 0.508 e. The van der Waals surface area contributed by atoms with Crippen molar-refractivity contribution in [3.63, 3.8) is 0 Å². The lowest BCUT2D eigenvalue weighted by atomic mass is 10.3. The number of methoxy groups -OCH3 is 1. The van der Waals surface area contributed by atoms with E-state index in [4.69, 9.17) is 4.74 Å². The van der Waals surface area contributed by atoms with Crippen LogP contribution in [0.4, 0.5) is 5.69 Å². The van der Waals surface area contributed by atoms with Gasteiger partial charge in [-0.15, -0.1) is 0 Å². The topological polar surface area (TPSA) is 63.5 Å². The van der Waals surface area contributed by atoms with Crippen LogP contribution < -0.4 is 5.32 Å². The Bertz CT molecular complexity index is 563. The number of hydrogen-bond acceptors (Lipinski definition) is 3. The summed E-state index contributed by atoms with van der Waals surface area (Å²) >= 11 is 0. The van der Waals surface area contributed by atoms with E-state index >= 15 is 0 Å². The lowest BCUT2D eigenvalue weighted by Crippen LogP contribution is -2.18. The van der Waals surface area contributed by atoms with Crippen LogP contribution in [0.1, 0.15) is 10.5 Å². The molecule has 1 heterocycles. The molecule has 1 aromatic heterocycles. The van der Waals surface area contributed by atoms with Crippen LogP contribution in [0.3, 0.4) is 0 Å². The van der Waals surface area contributed by atoms with Gasteiger partial charge in [0, 0.05) is 31.6 Å². The molecular weight excluding hydrogens is 244 g/mol. The zero-order valence-corrected chi connectivity index (χ0v) is 10.7. The molecule has 2 aromatic rings. The van der Waals surface area contributed by atoms with Gasteiger partial charge < -0.3 is 19.7 Å². The molecule has 1 amide bonds. The molecule has 100 valence electrons. The van der Waals surface area contributed by atoms with Crippen molar-refractivity contribution in [2.75, 3.05) is 19.0 Å². The summed E-state index contributed by atoms with van der Waals surface area (Å²) in [4.78, 5) is 12.1. The molecule has 5 heteroatoms. The third-order valence-corrected chi connectivity index (χ3v) is 2.70. The molecule has 5 nitrogen and oxygen atoms in total. The second-order valence-corrected chi connectivity index (χ2v) is 4.08. The Kier molecular flexibility index (Phi) is 4.20. The van der Waals surface area contributed by atoms with E-state index in [0.29, 0.717) is 24.5 Å². The number of aromatic nitrogens is 1. The lowest BCUT2D eigenvalue weighted by molar-refractivity contribution is 0.101. The van der Waals surface area contributed by atoms with Gasteiger partial charge in [0.2, 0.25) is 0 Å². The van der Waals surface area contributed by atoms with E-state index in [1.165, 1.54) is 6.07 Å². The third kappa shape index (κ3) is 3.35. The summed E-state index contributed by atoms with van der Waals surface area (Å²) in [6.45, 7) is 1.16. The second kappa shape index (κ2) is 6.06. The number of phenols is 1. The predicted molar refractivity (Wildman–Crippen MR) is 72.4 cm³/mol. The quantitative estimate of drug-likeness (QED) is 0.865. The molecule has 0 bridgehead atoms. The van der Waals surface area contributed by atoms with Crippen LogP contribution in [-0.4, -0.2) is 29.3 Å². The number of carbonyl (C=O) groups is 1. The number of anilines is 1. The van der Waals surface area contributed by atoms with E-state index in [2.05, 4.69) is 5.32 Å².